The van der Waals surface area contributed by atoms with Crippen LogP contribution in [0.15, 0.2) is 54.6 Å². The number of halogens is 1. The van der Waals surface area contributed by atoms with Gasteiger partial charge in [-0.2, -0.15) is 0 Å². The molecule has 0 heterocycles. The molecule has 0 fully saturated rings. The smallest absolute Gasteiger partial charge is 0.368 e. The first-order chi connectivity index (χ1) is 16.4. The zero-order valence-corrected chi connectivity index (χ0v) is 21.2. The molecule has 188 valence electrons. The van der Waals surface area contributed by atoms with E-state index in [1.54, 1.807) is 38.1 Å². The van der Waals surface area contributed by atoms with Gasteiger partial charge in [0.1, 0.15) is 23.4 Å². The Bertz CT molecular complexity index is 1210. The van der Waals surface area contributed by atoms with Crippen LogP contribution in [-0.2, 0) is 11.0 Å². The molecule has 0 radical (unpaired) electrons. The van der Waals surface area contributed by atoms with Gasteiger partial charge in [0.2, 0.25) is 5.34 Å². The minimum atomic E-state index is -4.51. The molecule has 3 aromatic carbocycles. The van der Waals surface area contributed by atoms with Crippen molar-refractivity contribution in [2.75, 3.05) is 0 Å². The molecular formula is C27H32FO6P. The molecule has 1 unspecified atom stereocenters. The number of benzene rings is 3. The van der Waals surface area contributed by atoms with Gasteiger partial charge >= 0.3 is 7.60 Å². The lowest BCUT2D eigenvalue weighted by Crippen LogP contribution is -2.34. The number of aromatic hydroxyl groups is 1. The van der Waals surface area contributed by atoms with Gasteiger partial charge in [-0.25, -0.2) is 4.39 Å². The zero-order valence-electron chi connectivity index (χ0n) is 20.3. The SMILES string of the molecule is CCC(CC)(Oc1cc(C)c(Cc2ccc(O)c(C(O)c3ccc(F)cc3)c2)c(C)c1)P(=O)(O)O. The third kappa shape index (κ3) is 5.76. The quantitative estimate of drug-likeness (QED) is 0.272. The summed E-state index contributed by atoms with van der Waals surface area (Å²) in [6, 6.07) is 14.0. The first kappa shape index (κ1) is 26.9. The molecule has 6 nitrogen and oxygen atoms in total. The Morgan fingerprint density at radius 2 is 1.54 bits per heavy atom. The summed E-state index contributed by atoms with van der Waals surface area (Å²) >= 11 is 0. The fraction of sp³-hybridized carbons (Fsp3) is 0.333. The van der Waals surface area contributed by atoms with Crippen molar-refractivity contribution in [3.63, 3.8) is 0 Å². The molecule has 1 atom stereocenters. The molecule has 0 aliphatic heterocycles. The number of aryl methyl sites for hydroxylation is 2. The maximum atomic E-state index is 13.3. The maximum Gasteiger partial charge on any atom is 0.368 e. The van der Waals surface area contributed by atoms with Gasteiger partial charge in [0.05, 0.1) is 0 Å². The fourth-order valence-electron chi connectivity index (χ4n) is 4.34. The molecule has 0 saturated carbocycles. The van der Waals surface area contributed by atoms with Crippen molar-refractivity contribution in [2.45, 2.75) is 58.4 Å². The zero-order chi connectivity index (χ0) is 26.0. The third-order valence-corrected chi connectivity index (χ3v) is 8.35. The Morgan fingerprint density at radius 3 is 2.06 bits per heavy atom. The van der Waals surface area contributed by atoms with Gasteiger partial charge in [-0.1, -0.05) is 32.0 Å². The highest BCUT2D eigenvalue weighted by atomic mass is 31.2. The largest absolute Gasteiger partial charge is 0.508 e. The molecule has 0 aromatic heterocycles. The van der Waals surface area contributed by atoms with Crippen molar-refractivity contribution in [3.8, 4) is 11.5 Å². The lowest BCUT2D eigenvalue weighted by atomic mass is 9.93. The highest BCUT2D eigenvalue weighted by Crippen LogP contribution is 2.55. The van der Waals surface area contributed by atoms with E-state index in [1.165, 1.54) is 30.3 Å². The van der Waals surface area contributed by atoms with Gasteiger partial charge in [-0.3, -0.25) is 4.57 Å². The third-order valence-electron chi connectivity index (χ3n) is 6.57. The van der Waals surface area contributed by atoms with Crippen LogP contribution in [0.5, 0.6) is 11.5 Å². The predicted octanol–water partition coefficient (Wildman–Crippen LogP) is 5.89. The highest BCUT2D eigenvalue weighted by Gasteiger charge is 2.46. The van der Waals surface area contributed by atoms with Gasteiger partial charge in [-0.15, -0.1) is 0 Å². The number of ether oxygens (including phenoxy) is 1. The second-order valence-electron chi connectivity index (χ2n) is 8.86. The van der Waals surface area contributed by atoms with E-state index in [2.05, 4.69) is 0 Å². The number of rotatable bonds is 9. The summed E-state index contributed by atoms with van der Waals surface area (Å²) in [6.45, 7) is 7.20. The number of aliphatic hydroxyl groups excluding tert-OH is 1. The molecule has 0 spiro atoms. The average Bonchev–Trinajstić information content (AvgIpc) is 2.80. The molecule has 3 aromatic rings. The Hall–Kier alpha value is -2.70. The van der Waals surface area contributed by atoms with E-state index in [0.29, 0.717) is 23.3 Å². The van der Waals surface area contributed by atoms with Crippen molar-refractivity contribution < 1.29 is 33.7 Å². The van der Waals surface area contributed by atoms with Crippen LogP contribution >= 0.6 is 7.60 Å². The monoisotopic (exact) mass is 502 g/mol. The average molecular weight is 503 g/mol. The number of phenols is 1. The van der Waals surface area contributed by atoms with Crippen LogP contribution in [-0.4, -0.2) is 25.3 Å². The van der Waals surface area contributed by atoms with E-state index in [0.717, 1.165) is 22.3 Å². The standard InChI is InChI=1S/C27H32FO6P/c1-5-27(6-2,35(31,32)33)34-22-13-17(3)23(18(4)14-22)15-19-7-12-25(29)24(16-19)26(30)20-8-10-21(28)11-9-20/h7-14,16,26,29-30H,5-6,15H2,1-4H3,(H2,31,32,33). The van der Waals surface area contributed by atoms with Gasteiger partial charge in [0, 0.05) is 5.56 Å². The van der Waals surface area contributed by atoms with E-state index in [9.17, 15) is 29.0 Å². The number of phenolic OH excluding ortho intramolecular Hbond substituents is 1. The first-order valence-corrected chi connectivity index (χ1v) is 13.1. The summed E-state index contributed by atoms with van der Waals surface area (Å²) in [5, 5.41) is 19.5. The second kappa shape index (κ2) is 10.5. The molecule has 35 heavy (non-hydrogen) atoms. The number of aliphatic hydroxyl groups is 1. The van der Waals surface area contributed by atoms with Gasteiger partial charge in [-0.05, 0) is 97.3 Å². The Balaban J connectivity index is 1.90. The van der Waals surface area contributed by atoms with Crippen LogP contribution in [0.3, 0.4) is 0 Å². The van der Waals surface area contributed by atoms with Crippen LogP contribution in [0.1, 0.15) is 66.2 Å². The Labute approximate surface area is 205 Å². The molecule has 0 amide bonds. The van der Waals surface area contributed by atoms with Crippen molar-refractivity contribution in [1.29, 1.82) is 0 Å². The van der Waals surface area contributed by atoms with Crippen LogP contribution < -0.4 is 4.74 Å². The normalized spacial score (nSPS) is 13.0. The number of hydrogen-bond acceptors (Lipinski definition) is 4. The summed E-state index contributed by atoms with van der Waals surface area (Å²) < 4.78 is 31.3. The molecule has 0 aliphatic carbocycles. The van der Waals surface area contributed by atoms with Gasteiger partial charge < -0.3 is 24.7 Å². The highest BCUT2D eigenvalue weighted by molar-refractivity contribution is 7.53. The molecule has 0 saturated heterocycles. The maximum absolute atomic E-state index is 13.3. The summed E-state index contributed by atoms with van der Waals surface area (Å²) in [4.78, 5) is 19.8. The van der Waals surface area contributed by atoms with Crippen molar-refractivity contribution in [2.24, 2.45) is 0 Å². The topological polar surface area (TPSA) is 107 Å². The summed E-state index contributed by atoms with van der Waals surface area (Å²) in [7, 11) is -4.51. The molecule has 0 bridgehead atoms. The summed E-state index contributed by atoms with van der Waals surface area (Å²) in [6.07, 6.45) is -0.273. The second-order valence-corrected chi connectivity index (χ2v) is 10.8. The minimum absolute atomic E-state index is 0.0596. The van der Waals surface area contributed by atoms with E-state index in [1.807, 2.05) is 13.8 Å². The van der Waals surface area contributed by atoms with Crippen LogP contribution in [0, 0.1) is 19.7 Å². The lowest BCUT2D eigenvalue weighted by molar-refractivity contribution is 0.108. The molecule has 8 heteroatoms. The molecule has 4 N–H and O–H groups in total. The summed E-state index contributed by atoms with van der Waals surface area (Å²) in [5.41, 5.74) is 4.42. The fourth-order valence-corrected chi connectivity index (χ4v) is 5.39. The summed E-state index contributed by atoms with van der Waals surface area (Å²) in [5.74, 6) is -0.0715. The predicted molar refractivity (Wildman–Crippen MR) is 133 cm³/mol. The molecule has 3 rings (SSSR count). The van der Waals surface area contributed by atoms with E-state index >= 15 is 0 Å². The first-order valence-electron chi connectivity index (χ1n) is 11.5. The minimum Gasteiger partial charge on any atom is -0.508 e. The number of hydrogen-bond donors (Lipinski definition) is 4. The van der Waals surface area contributed by atoms with Crippen molar-refractivity contribution >= 4 is 7.60 Å². The Kier molecular flexibility index (Phi) is 8.07. The Morgan fingerprint density at radius 1 is 0.971 bits per heavy atom. The lowest BCUT2D eigenvalue weighted by Gasteiger charge is -2.33. The van der Waals surface area contributed by atoms with E-state index < -0.39 is 24.9 Å². The molecular weight excluding hydrogens is 470 g/mol. The van der Waals surface area contributed by atoms with E-state index in [4.69, 9.17) is 4.74 Å². The van der Waals surface area contributed by atoms with Crippen LogP contribution in [0.2, 0.25) is 0 Å². The van der Waals surface area contributed by atoms with Gasteiger partial charge in [0.25, 0.3) is 0 Å². The molecule has 0 aliphatic rings. The van der Waals surface area contributed by atoms with E-state index in [-0.39, 0.29) is 18.6 Å². The van der Waals surface area contributed by atoms with Crippen LogP contribution in [0.4, 0.5) is 4.39 Å². The van der Waals surface area contributed by atoms with Crippen molar-refractivity contribution in [1.82, 2.24) is 0 Å². The van der Waals surface area contributed by atoms with Crippen molar-refractivity contribution in [3.05, 3.63) is 93.8 Å². The van der Waals surface area contributed by atoms with Crippen LogP contribution in [0.25, 0.3) is 0 Å². The van der Waals surface area contributed by atoms with Gasteiger partial charge in [0.15, 0.2) is 0 Å².